The van der Waals surface area contributed by atoms with Crippen molar-refractivity contribution in [1.29, 1.82) is 0 Å². The van der Waals surface area contributed by atoms with Crippen molar-refractivity contribution < 1.29 is 29.3 Å². The van der Waals surface area contributed by atoms with Gasteiger partial charge in [-0.05, 0) is 172 Å². The fourth-order valence-electron chi connectivity index (χ4n) is 12.5. The second-order valence-electron chi connectivity index (χ2n) is 18.0. The average Bonchev–Trinajstić information content (AvgIpc) is 3.65. The van der Waals surface area contributed by atoms with Crippen molar-refractivity contribution in [3.8, 4) is 11.5 Å². The summed E-state index contributed by atoms with van der Waals surface area (Å²) in [5, 5.41) is 19.6. The smallest absolute Gasteiger partial charge is 0.306 e. The van der Waals surface area contributed by atoms with Gasteiger partial charge in [-0.3, -0.25) is 9.59 Å². The van der Waals surface area contributed by atoms with E-state index in [-0.39, 0.29) is 35.0 Å². The Morgan fingerprint density at radius 1 is 0.635 bits per heavy atom. The predicted molar refractivity (Wildman–Crippen MR) is 204 cm³/mol. The molecule has 0 spiro atoms. The molecule has 8 rings (SSSR count). The number of unbranched alkanes of at least 4 members (excludes halogenated alkanes) is 2. The second kappa shape index (κ2) is 15.4. The number of carbonyl (C=O) groups is 2. The van der Waals surface area contributed by atoms with Gasteiger partial charge in [-0.15, -0.1) is 0 Å². The number of rotatable bonds is 8. The summed E-state index contributed by atoms with van der Waals surface area (Å²) < 4.78 is 12.0. The third kappa shape index (κ3) is 7.02. The van der Waals surface area contributed by atoms with Gasteiger partial charge in [-0.2, -0.15) is 0 Å². The molecule has 0 bridgehead atoms. The van der Waals surface area contributed by atoms with Crippen molar-refractivity contribution in [2.75, 3.05) is 0 Å². The van der Waals surface area contributed by atoms with E-state index in [1.807, 2.05) is 24.3 Å². The molecule has 6 nitrogen and oxygen atoms in total. The summed E-state index contributed by atoms with van der Waals surface area (Å²) in [6.07, 6.45) is 18.9. The molecule has 0 aromatic heterocycles. The van der Waals surface area contributed by atoms with E-state index in [9.17, 15) is 19.8 Å². The van der Waals surface area contributed by atoms with Gasteiger partial charge in [-0.1, -0.05) is 52.7 Å². The normalized spacial score (nSPS) is 35.3. The van der Waals surface area contributed by atoms with Crippen molar-refractivity contribution in [2.24, 2.45) is 34.5 Å². The molecule has 4 fully saturated rings. The lowest BCUT2D eigenvalue weighted by atomic mass is 9.55. The van der Waals surface area contributed by atoms with E-state index in [2.05, 4.69) is 39.8 Å². The minimum atomic E-state index is 0.00492. The Bertz CT molecular complexity index is 1480. The molecule has 2 aromatic rings. The van der Waals surface area contributed by atoms with Crippen LogP contribution in [0.5, 0.6) is 11.5 Å². The van der Waals surface area contributed by atoms with Gasteiger partial charge >= 0.3 is 11.9 Å². The zero-order chi connectivity index (χ0) is 36.6. The van der Waals surface area contributed by atoms with Crippen LogP contribution in [0, 0.1) is 34.5 Å². The second-order valence-corrected chi connectivity index (χ2v) is 18.0. The first-order valence-electron chi connectivity index (χ1n) is 21.1. The standard InChI is InChI=1S/2C23H32O3/c2*1-3-4-5-22(25)26-21-11-10-20-19-8-6-15-14-16(24)7-9-17(15)18(19)12-13-23(20,21)2/h2*7,9,14,18-21,24H,3-6,8,10-13H2,1-2H3/t2*18-,19-,20+,21+,23+/m11/s1. The zero-order valence-corrected chi connectivity index (χ0v) is 32.3. The van der Waals surface area contributed by atoms with Crippen LogP contribution in [0.2, 0.25) is 0 Å². The van der Waals surface area contributed by atoms with Gasteiger partial charge in [0.05, 0.1) is 0 Å². The Hall–Kier alpha value is -3.02. The lowest BCUT2D eigenvalue weighted by Crippen LogP contribution is -2.45. The molecule has 2 aromatic carbocycles. The summed E-state index contributed by atoms with van der Waals surface area (Å²) in [6, 6.07) is 11.9. The van der Waals surface area contributed by atoms with Crippen molar-refractivity contribution in [3.05, 3.63) is 58.7 Å². The Morgan fingerprint density at radius 3 is 1.46 bits per heavy atom. The van der Waals surface area contributed by atoms with Gasteiger partial charge in [0.25, 0.3) is 0 Å². The highest BCUT2D eigenvalue weighted by atomic mass is 16.5. The summed E-state index contributed by atoms with van der Waals surface area (Å²) in [4.78, 5) is 24.4. The molecule has 284 valence electrons. The van der Waals surface area contributed by atoms with Gasteiger partial charge in [0.1, 0.15) is 23.7 Å². The van der Waals surface area contributed by atoms with Crippen LogP contribution in [0.25, 0.3) is 0 Å². The van der Waals surface area contributed by atoms with Gasteiger partial charge in [0, 0.05) is 23.7 Å². The zero-order valence-electron chi connectivity index (χ0n) is 32.3. The van der Waals surface area contributed by atoms with Crippen molar-refractivity contribution in [1.82, 2.24) is 0 Å². The summed E-state index contributed by atoms with van der Waals surface area (Å²) in [5.74, 6) is 4.75. The number of benzene rings is 2. The number of hydrogen-bond donors (Lipinski definition) is 2. The highest BCUT2D eigenvalue weighted by Gasteiger charge is 2.57. The lowest BCUT2D eigenvalue weighted by Gasteiger charge is -2.50. The van der Waals surface area contributed by atoms with Gasteiger partial charge < -0.3 is 19.7 Å². The summed E-state index contributed by atoms with van der Waals surface area (Å²) in [7, 11) is 0. The summed E-state index contributed by atoms with van der Waals surface area (Å²) in [5.41, 5.74) is 5.91. The molecule has 2 N–H and O–H groups in total. The monoisotopic (exact) mass is 712 g/mol. The maximum absolute atomic E-state index is 12.2. The molecule has 52 heavy (non-hydrogen) atoms. The first kappa shape index (κ1) is 37.3. The molecule has 0 amide bonds. The van der Waals surface area contributed by atoms with E-state index in [1.165, 1.54) is 60.8 Å². The van der Waals surface area contributed by atoms with Gasteiger partial charge in [0.15, 0.2) is 0 Å². The fourth-order valence-corrected chi connectivity index (χ4v) is 12.5. The van der Waals surface area contributed by atoms with E-state index in [0.29, 0.717) is 59.8 Å². The minimum Gasteiger partial charge on any atom is -0.508 e. The molecule has 0 aliphatic heterocycles. The third-order valence-electron chi connectivity index (χ3n) is 15.3. The molecule has 6 aliphatic carbocycles. The van der Waals surface area contributed by atoms with Gasteiger partial charge in [-0.25, -0.2) is 0 Å². The van der Waals surface area contributed by atoms with Gasteiger partial charge in [0.2, 0.25) is 0 Å². The number of ether oxygens (including phenoxy) is 2. The number of hydrogen-bond acceptors (Lipinski definition) is 6. The molecular weight excluding hydrogens is 649 g/mol. The predicted octanol–water partition coefficient (Wildman–Crippen LogP) is 10.7. The minimum absolute atomic E-state index is 0.00492. The molecule has 0 unspecified atom stereocenters. The number of aromatic hydroxyl groups is 2. The van der Waals surface area contributed by atoms with Crippen LogP contribution < -0.4 is 0 Å². The van der Waals surface area contributed by atoms with E-state index in [0.717, 1.165) is 64.2 Å². The third-order valence-corrected chi connectivity index (χ3v) is 15.3. The number of esters is 2. The molecule has 0 radical (unpaired) electrons. The van der Waals surface area contributed by atoms with Crippen molar-refractivity contribution in [2.45, 2.75) is 167 Å². The Kier molecular flexibility index (Phi) is 11.0. The van der Waals surface area contributed by atoms with Crippen LogP contribution in [-0.4, -0.2) is 34.4 Å². The molecule has 0 heterocycles. The van der Waals surface area contributed by atoms with E-state index in [1.54, 1.807) is 0 Å². The SMILES string of the molecule is CCCCC(=O)O[C@H]1CC[C@H]2[C@@H]3CCc4cc(O)ccc4[C@H]3CC[C@]12C.CCCCC(=O)O[C@H]1CC[C@H]2[C@@H]3CCc4cc(O)ccc4[C@H]3CC[C@]12C. The van der Waals surface area contributed by atoms with Crippen LogP contribution in [0.4, 0.5) is 0 Å². The number of fused-ring (bicyclic) bond motifs is 10. The Balaban J connectivity index is 0.000000162. The Morgan fingerprint density at radius 2 is 1.06 bits per heavy atom. The van der Waals surface area contributed by atoms with Crippen LogP contribution >= 0.6 is 0 Å². The fraction of sp³-hybridized carbons (Fsp3) is 0.696. The summed E-state index contributed by atoms with van der Waals surface area (Å²) >= 11 is 0. The largest absolute Gasteiger partial charge is 0.508 e. The van der Waals surface area contributed by atoms with Crippen LogP contribution in [0.1, 0.15) is 165 Å². The molecule has 10 atom stereocenters. The topological polar surface area (TPSA) is 93.1 Å². The van der Waals surface area contributed by atoms with E-state index in [4.69, 9.17) is 9.47 Å². The maximum atomic E-state index is 12.2. The summed E-state index contributed by atoms with van der Waals surface area (Å²) in [6.45, 7) is 8.99. The van der Waals surface area contributed by atoms with Crippen LogP contribution in [0.15, 0.2) is 36.4 Å². The number of carbonyl (C=O) groups excluding carboxylic acids is 2. The highest BCUT2D eigenvalue weighted by molar-refractivity contribution is 5.70. The molecule has 6 heteroatoms. The molecular formula is C46H64O6. The van der Waals surface area contributed by atoms with E-state index >= 15 is 0 Å². The number of aryl methyl sites for hydroxylation is 2. The number of phenolic OH excluding ortho intramolecular Hbond substituents is 2. The maximum Gasteiger partial charge on any atom is 0.306 e. The van der Waals surface area contributed by atoms with Crippen LogP contribution in [-0.2, 0) is 31.9 Å². The van der Waals surface area contributed by atoms with Crippen molar-refractivity contribution >= 4 is 11.9 Å². The van der Waals surface area contributed by atoms with E-state index < -0.39 is 0 Å². The highest BCUT2D eigenvalue weighted by Crippen LogP contribution is 2.63. The molecule has 0 saturated heterocycles. The average molecular weight is 713 g/mol. The number of phenols is 2. The first-order valence-corrected chi connectivity index (χ1v) is 21.1. The quantitative estimate of drug-likeness (QED) is 0.265. The molecule has 4 saturated carbocycles. The van der Waals surface area contributed by atoms with Crippen LogP contribution in [0.3, 0.4) is 0 Å². The lowest BCUT2D eigenvalue weighted by molar-refractivity contribution is -0.158. The Labute approximate surface area is 312 Å². The van der Waals surface area contributed by atoms with Crippen molar-refractivity contribution in [3.63, 3.8) is 0 Å². The molecule has 6 aliphatic rings. The first-order chi connectivity index (χ1) is 25.1.